The Hall–Kier alpha value is -2.58. The van der Waals surface area contributed by atoms with Crippen molar-refractivity contribution < 1.29 is 13.2 Å². The highest BCUT2D eigenvalue weighted by molar-refractivity contribution is 7.92. The Morgan fingerprint density at radius 3 is 2.07 bits per heavy atom. The number of benzene rings is 3. The Morgan fingerprint density at radius 2 is 1.47 bits per heavy atom. The highest BCUT2D eigenvalue weighted by Gasteiger charge is 2.14. The van der Waals surface area contributed by atoms with E-state index in [0.29, 0.717) is 26.3 Å². The maximum Gasteiger partial charge on any atom is 0.271 e. The SMILES string of the molecule is O=C(N/N=C\c1c(Cl)cccc1Cl)c1ccc(NS(=O)(=O)c2ccc(Cl)cc2)cc1. The summed E-state index contributed by atoms with van der Waals surface area (Å²) < 4.78 is 27.2. The monoisotopic (exact) mass is 481 g/mol. The lowest BCUT2D eigenvalue weighted by molar-refractivity contribution is 0.0955. The van der Waals surface area contributed by atoms with Gasteiger partial charge in [0.1, 0.15) is 0 Å². The predicted molar refractivity (Wildman–Crippen MR) is 120 cm³/mol. The second-order valence-electron chi connectivity index (χ2n) is 5.97. The van der Waals surface area contributed by atoms with Crippen LogP contribution in [0.1, 0.15) is 15.9 Å². The zero-order valence-electron chi connectivity index (χ0n) is 15.1. The molecule has 0 atom stereocenters. The number of sulfonamides is 1. The second kappa shape index (κ2) is 9.49. The Morgan fingerprint density at radius 1 is 0.867 bits per heavy atom. The van der Waals surface area contributed by atoms with Crippen molar-refractivity contribution in [3.63, 3.8) is 0 Å². The van der Waals surface area contributed by atoms with Crippen LogP contribution in [0.2, 0.25) is 15.1 Å². The fraction of sp³-hybridized carbons (Fsp3) is 0. The normalized spacial score (nSPS) is 11.4. The van der Waals surface area contributed by atoms with Crippen molar-refractivity contribution in [3.8, 4) is 0 Å². The molecule has 0 saturated carbocycles. The highest BCUT2D eigenvalue weighted by Crippen LogP contribution is 2.22. The molecule has 0 aliphatic heterocycles. The minimum atomic E-state index is -3.77. The van der Waals surface area contributed by atoms with Gasteiger partial charge in [0, 0.05) is 21.8 Å². The molecule has 0 unspecified atom stereocenters. The summed E-state index contributed by atoms with van der Waals surface area (Å²) in [5.74, 6) is -0.485. The third-order valence-corrected chi connectivity index (χ3v) is 6.19. The van der Waals surface area contributed by atoms with Crippen molar-refractivity contribution >= 4 is 62.6 Å². The minimum absolute atomic E-state index is 0.0706. The smallest absolute Gasteiger partial charge is 0.271 e. The first-order chi connectivity index (χ1) is 14.3. The Balaban J connectivity index is 1.65. The maximum atomic E-state index is 12.4. The standard InChI is InChI=1S/C20H14Cl3N3O3S/c21-14-6-10-16(11-7-14)30(28,29)26-15-8-4-13(5-9-15)20(27)25-24-12-17-18(22)2-1-3-19(17)23/h1-12,26H,(H,25,27)/b24-12-. The van der Waals surface area contributed by atoms with E-state index in [1.165, 1.54) is 54.7 Å². The molecule has 0 heterocycles. The Kier molecular flexibility index (Phi) is 6.99. The van der Waals surface area contributed by atoms with Crippen molar-refractivity contribution in [1.82, 2.24) is 5.43 Å². The number of carbonyl (C=O) groups is 1. The van der Waals surface area contributed by atoms with E-state index < -0.39 is 15.9 Å². The van der Waals surface area contributed by atoms with Crippen LogP contribution in [-0.4, -0.2) is 20.5 Å². The summed E-state index contributed by atoms with van der Waals surface area (Å²) in [7, 11) is -3.77. The Labute approximate surface area is 188 Å². The molecule has 3 aromatic carbocycles. The van der Waals surface area contributed by atoms with E-state index in [1.54, 1.807) is 18.2 Å². The largest absolute Gasteiger partial charge is 0.280 e. The fourth-order valence-corrected chi connectivity index (χ4v) is 4.05. The summed E-state index contributed by atoms with van der Waals surface area (Å²) in [5, 5.41) is 5.09. The molecule has 30 heavy (non-hydrogen) atoms. The van der Waals surface area contributed by atoms with Crippen molar-refractivity contribution in [2.45, 2.75) is 4.90 Å². The van der Waals surface area contributed by atoms with Crippen molar-refractivity contribution in [2.75, 3.05) is 4.72 Å². The molecule has 1 amide bonds. The molecule has 0 radical (unpaired) electrons. The number of hydrazone groups is 1. The van der Waals surface area contributed by atoms with E-state index in [1.807, 2.05) is 0 Å². The molecule has 3 aromatic rings. The quantitative estimate of drug-likeness (QED) is 0.373. The first kappa shape index (κ1) is 22.1. The summed E-state index contributed by atoms with van der Waals surface area (Å²) in [6.45, 7) is 0. The molecule has 0 saturated heterocycles. The van der Waals surface area contributed by atoms with Gasteiger partial charge in [-0.1, -0.05) is 40.9 Å². The molecular weight excluding hydrogens is 469 g/mol. The summed E-state index contributed by atoms with van der Waals surface area (Å²) in [6.07, 6.45) is 1.34. The van der Waals surface area contributed by atoms with Crippen LogP contribution in [0, 0.1) is 0 Å². The number of nitrogens with zero attached hydrogens (tertiary/aromatic N) is 1. The van der Waals surface area contributed by atoms with Crippen molar-refractivity contribution in [2.24, 2.45) is 5.10 Å². The first-order valence-corrected chi connectivity index (χ1v) is 11.0. The number of anilines is 1. The number of hydrogen-bond donors (Lipinski definition) is 2. The second-order valence-corrected chi connectivity index (χ2v) is 8.90. The third kappa shape index (κ3) is 5.52. The lowest BCUT2D eigenvalue weighted by Gasteiger charge is -2.09. The number of halogens is 3. The molecule has 0 bridgehead atoms. The molecule has 6 nitrogen and oxygen atoms in total. The van der Waals surface area contributed by atoms with E-state index in [-0.39, 0.29) is 10.5 Å². The molecule has 0 fully saturated rings. The molecule has 0 aliphatic rings. The van der Waals surface area contributed by atoms with E-state index in [9.17, 15) is 13.2 Å². The van der Waals surface area contributed by atoms with Gasteiger partial charge in [-0.05, 0) is 60.7 Å². The van der Waals surface area contributed by atoms with E-state index in [2.05, 4.69) is 15.2 Å². The van der Waals surface area contributed by atoms with Gasteiger partial charge < -0.3 is 0 Å². The summed E-state index contributed by atoms with van der Waals surface area (Å²) in [4.78, 5) is 12.3. The van der Waals surface area contributed by atoms with Crippen LogP contribution in [0.3, 0.4) is 0 Å². The highest BCUT2D eigenvalue weighted by atomic mass is 35.5. The van der Waals surface area contributed by atoms with Crippen LogP contribution in [0.4, 0.5) is 5.69 Å². The van der Waals surface area contributed by atoms with Crippen LogP contribution in [0.25, 0.3) is 0 Å². The summed E-state index contributed by atoms with van der Waals surface area (Å²) >= 11 is 17.8. The molecule has 0 aliphatic carbocycles. The van der Waals surface area contributed by atoms with Gasteiger partial charge in [0.25, 0.3) is 15.9 Å². The van der Waals surface area contributed by atoms with Crippen LogP contribution >= 0.6 is 34.8 Å². The van der Waals surface area contributed by atoms with Gasteiger partial charge in [0.05, 0.1) is 21.2 Å². The summed E-state index contributed by atoms with van der Waals surface area (Å²) in [5.41, 5.74) is 3.43. The van der Waals surface area contributed by atoms with Crippen molar-refractivity contribution in [3.05, 3.63) is 92.9 Å². The van der Waals surface area contributed by atoms with Gasteiger partial charge in [-0.3, -0.25) is 9.52 Å². The van der Waals surface area contributed by atoms with Gasteiger partial charge in [0.2, 0.25) is 0 Å². The Bertz CT molecular complexity index is 1180. The average Bonchev–Trinajstić information content (AvgIpc) is 2.70. The van der Waals surface area contributed by atoms with Gasteiger partial charge in [-0.2, -0.15) is 5.10 Å². The summed E-state index contributed by atoms with van der Waals surface area (Å²) in [6, 6.07) is 16.6. The van der Waals surface area contributed by atoms with E-state index in [0.717, 1.165) is 0 Å². The number of amides is 1. The van der Waals surface area contributed by atoms with E-state index >= 15 is 0 Å². The van der Waals surface area contributed by atoms with Crippen LogP contribution in [0.15, 0.2) is 76.7 Å². The number of nitrogens with one attached hydrogen (secondary N) is 2. The zero-order chi connectivity index (χ0) is 21.7. The lowest BCUT2D eigenvalue weighted by Crippen LogP contribution is -2.18. The minimum Gasteiger partial charge on any atom is -0.280 e. The first-order valence-electron chi connectivity index (χ1n) is 8.42. The van der Waals surface area contributed by atoms with Gasteiger partial charge in [0.15, 0.2) is 0 Å². The molecule has 154 valence electrons. The molecule has 0 spiro atoms. The molecular formula is C20H14Cl3N3O3S. The van der Waals surface area contributed by atoms with Gasteiger partial charge in [-0.15, -0.1) is 0 Å². The van der Waals surface area contributed by atoms with Crippen LogP contribution in [-0.2, 0) is 10.0 Å². The molecule has 3 rings (SSSR count). The molecule has 2 N–H and O–H groups in total. The van der Waals surface area contributed by atoms with Gasteiger partial charge >= 0.3 is 0 Å². The van der Waals surface area contributed by atoms with Crippen LogP contribution in [0.5, 0.6) is 0 Å². The van der Waals surface area contributed by atoms with Gasteiger partial charge in [-0.25, -0.2) is 13.8 Å². The topological polar surface area (TPSA) is 87.6 Å². The van der Waals surface area contributed by atoms with E-state index in [4.69, 9.17) is 34.8 Å². The third-order valence-electron chi connectivity index (χ3n) is 3.88. The zero-order valence-corrected chi connectivity index (χ0v) is 18.2. The van der Waals surface area contributed by atoms with Crippen LogP contribution < -0.4 is 10.1 Å². The lowest BCUT2D eigenvalue weighted by atomic mass is 10.2. The average molecular weight is 483 g/mol. The van der Waals surface area contributed by atoms with Crippen molar-refractivity contribution in [1.29, 1.82) is 0 Å². The fourth-order valence-electron chi connectivity index (χ4n) is 2.37. The molecule has 10 heteroatoms. The predicted octanol–water partition coefficient (Wildman–Crippen LogP) is 5.21. The number of hydrogen-bond acceptors (Lipinski definition) is 4. The number of carbonyl (C=O) groups excluding carboxylic acids is 1. The number of rotatable bonds is 6. The molecule has 0 aromatic heterocycles. The maximum absolute atomic E-state index is 12.4.